The van der Waals surface area contributed by atoms with Crippen LogP contribution in [0.4, 0.5) is 0 Å². The minimum atomic E-state index is -0.428. The normalized spacial score (nSPS) is 13.8. The van der Waals surface area contributed by atoms with Crippen LogP contribution in [0.15, 0.2) is 97.0 Å². The number of phenols is 2. The van der Waals surface area contributed by atoms with Crippen molar-refractivity contribution in [3.8, 4) is 28.5 Å². The number of phenolic OH excluding ortho intramolecular Hbond substituents is 2. The molecule has 0 saturated carbocycles. The number of carbonyl (C=O) groups is 1. The van der Waals surface area contributed by atoms with Crippen LogP contribution in [0.2, 0.25) is 0 Å². The van der Waals surface area contributed by atoms with Crippen LogP contribution in [-0.2, 0) is 6.54 Å². The number of pyridine rings is 1. The van der Waals surface area contributed by atoms with E-state index in [2.05, 4.69) is 15.6 Å². The number of aromatic hydroxyl groups is 2. The van der Waals surface area contributed by atoms with Crippen LogP contribution in [0, 0.1) is 0 Å². The Bertz CT molecular complexity index is 1620. The van der Waals surface area contributed by atoms with E-state index >= 15 is 0 Å². The van der Waals surface area contributed by atoms with Gasteiger partial charge in [0.25, 0.3) is 0 Å². The zero-order valence-corrected chi connectivity index (χ0v) is 18.6. The lowest BCUT2D eigenvalue weighted by atomic mass is 10.0. The van der Waals surface area contributed by atoms with E-state index in [4.69, 9.17) is 4.74 Å². The number of hydrogen-bond donors (Lipinski definition) is 2. The number of para-hydroxylation sites is 1. The van der Waals surface area contributed by atoms with Gasteiger partial charge in [-0.1, -0.05) is 48.5 Å². The zero-order chi connectivity index (χ0) is 23.9. The molecule has 2 N–H and O–H groups in total. The van der Waals surface area contributed by atoms with Gasteiger partial charge in [-0.15, -0.1) is 0 Å². The lowest BCUT2D eigenvalue weighted by Gasteiger charge is -2.12. The molecule has 0 aliphatic carbocycles. The number of hydrogen-bond acceptors (Lipinski definition) is 5. The summed E-state index contributed by atoms with van der Waals surface area (Å²) in [5.74, 6) is -0.682. The van der Waals surface area contributed by atoms with Gasteiger partial charge in [0.05, 0.1) is 5.69 Å². The van der Waals surface area contributed by atoms with Crippen LogP contribution in [-0.4, -0.2) is 25.5 Å². The third-order valence-electron chi connectivity index (χ3n) is 6.16. The summed E-state index contributed by atoms with van der Waals surface area (Å²) in [5.41, 5.74) is 4.93. The first kappa shape index (κ1) is 20.7. The molecule has 3 aromatic carbocycles. The van der Waals surface area contributed by atoms with Crippen molar-refractivity contribution in [2.45, 2.75) is 6.54 Å². The number of fused-ring (bicyclic) bond motifs is 2. The Labute approximate surface area is 201 Å². The Kier molecular flexibility index (Phi) is 4.85. The van der Waals surface area contributed by atoms with Gasteiger partial charge in [0.15, 0.2) is 5.76 Å². The van der Waals surface area contributed by atoms with E-state index in [-0.39, 0.29) is 28.6 Å². The molecular weight excluding hydrogens is 440 g/mol. The number of carbonyl (C=O) groups excluding carboxylic acids is 1. The molecule has 1 aliphatic heterocycles. The lowest BCUT2D eigenvalue weighted by molar-refractivity contribution is 0.101. The van der Waals surface area contributed by atoms with Crippen molar-refractivity contribution < 1.29 is 19.7 Å². The van der Waals surface area contributed by atoms with Crippen LogP contribution in [0.5, 0.6) is 17.2 Å². The third-order valence-corrected chi connectivity index (χ3v) is 6.16. The van der Waals surface area contributed by atoms with E-state index in [1.807, 2.05) is 60.7 Å². The topological polar surface area (TPSA) is 84.6 Å². The smallest absolute Gasteiger partial charge is 0.235 e. The van der Waals surface area contributed by atoms with Gasteiger partial charge in [-0.25, -0.2) is 0 Å². The molecule has 0 saturated heterocycles. The molecule has 6 nitrogen and oxygen atoms in total. The minimum absolute atomic E-state index is 0.0517. The summed E-state index contributed by atoms with van der Waals surface area (Å²) >= 11 is 0. The summed E-state index contributed by atoms with van der Waals surface area (Å²) in [5, 5.41) is 21.0. The van der Waals surface area contributed by atoms with Gasteiger partial charge in [0.1, 0.15) is 22.8 Å². The van der Waals surface area contributed by atoms with Gasteiger partial charge in [0, 0.05) is 47.5 Å². The molecule has 0 bridgehead atoms. The van der Waals surface area contributed by atoms with Crippen molar-refractivity contribution in [1.82, 2.24) is 9.55 Å². The van der Waals surface area contributed by atoms with Crippen LogP contribution < -0.4 is 4.74 Å². The van der Waals surface area contributed by atoms with E-state index in [9.17, 15) is 15.0 Å². The fraction of sp³-hybridized carbons (Fsp3) is 0.0345. The predicted octanol–water partition coefficient (Wildman–Crippen LogP) is 5.78. The fourth-order valence-electron chi connectivity index (χ4n) is 4.63. The molecule has 1 aliphatic rings. The number of benzene rings is 3. The molecule has 35 heavy (non-hydrogen) atoms. The SMILES string of the molecule is O=C1C(=Cc2c(-c3ccccc3)n(Cc3ccncc3)c3ccccc23)Oc2cc(O)cc(O)c21. The Morgan fingerprint density at radius 3 is 2.46 bits per heavy atom. The summed E-state index contributed by atoms with van der Waals surface area (Å²) in [4.78, 5) is 17.3. The first-order valence-electron chi connectivity index (χ1n) is 11.2. The highest BCUT2D eigenvalue weighted by Crippen LogP contribution is 2.42. The molecular formula is C29H20N2O4. The second-order valence-corrected chi connectivity index (χ2v) is 8.36. The maximum Gasteiger partial charge on any atom is 0.235 e. The van der Waals surface area contributed by atoms with Gasteiger partial charge in [0.2, 0.25) is 5.78 Å². The molecule has 170 valence electrons. The average Bonchev–Trinajstić information content (AvgIpc) is 3.35. The van der Waals surface area contributed by atoms with Crippen molar-refractivity contribution >= 4 is 22.8 Å². The highest BCUT2D eigenvalue weighted by Gasteiger charge is 2.32. The highest BCUT2D eigenvalue weighted by atomic mass is 16.5. The monoisotopic (exact) mass is 460 g/mol. The van der Waals surface area contributed by atoms with E-state index in [0.717, 1.165) is 39.4 Å². The van der Waals surface area contributed by atoms with Gasteiger partial charge in [-0.05, 0) is 35.4 Å². The van der Waals surface area contributed by atoms with Crippen molar-refractivity contribution in [3.63, 3.8) is 0 Å². The third kappa shape index (κ3) is 3.52. The van der Waals surface area contributed by atoms with E-state index < -0.39 is 5.78 Å². The second kappa shape index (κ2) is 8.18. The number of ketones is 1. The summed E-state index contributed by atoms with van der Waals surface area (Å²) < 4.78 is 8.05. The lowest BCUT2D eigenvalue weighted by Crippen LogP contribution is -2.03. The second-order valence-electron chi connectivity index (χ2n) is 8.36. The minimum Gasteiger partial charge on any atom is -0.508 e. The van der Waals surface area contributed by atoms with Crippen LogP contribution in [0.1, 0.15) is 21.5 Å². The van der Waals surface area contributed by atoms with Gasteiger partial charge in [-0.3, -0.25) is 9.78 Å². The van der Waals surface area contributed by atoms with Crippen LogP contribution >= 0.6 is 0 Å². The average molecular weight is 460 g/mol. The first-order valence-corrected chi connectivity index (χ1v) is 11.2. The Morgan fingerprint density at radius 1 is 0.914 bits per heavy atom. The maximum atomic E-state index is 13.2. The molecule has 6 rings (SSSR count). The zero-order valence-electron chi connectivity index (χ0n) is 18.6. The molecule has 0 amide bonds. The first-order chi connectivity index (χ1) is 17.1. The van der Waals surface area contributed by atoms with Gasteiger partial charge < -0.3 is 19.5 Å². The van der Waals surface area contributed by atoms with Crippen molar-refractivity contribution in [2.75, 3.05) is 0 Å². The molecule has 0 radical (unpaired) electrons. The molecule has 0 spiro atoms. The van der Waals surface area contributed by atoms with Crippen molar-refractivity contribution in [1.29, 1.82) is 0 Å². The van der Waals surface area contributed by atoms with Crippen molar-refractivity contribution in [3.05, 3.63) is 114 Å². The van der Waals surface area contributed by atoms with Crippen molar-refractivity contribution in [2.24, 2.45) is 0 Å². The molecule has 6 heteroatoms. The number of aromatic nitrogens is 2. The summed E-state index contributed by atoms with van der Waals surface area (Å²) in [6.07, 6.45) is 5.28. The fourth-order valence-corrected chi connectivity index (χ4v) is 4.63. The molecule has 3 heterocycles. The molecule has 0 atom stereocenters. The number of allylic oxidation sites excluding steroid dienone is 1. The molecule has 2 aromatic heterocycles. The summed E-state index contributed by atoms with van der Waals surface area (Å²) in [6, 6.07) is 24.5. The number of rotatable bonds is 4. The van der Waals surface area contributed by atoms with E-state index in [1.165, 1.54) is 6.07 Å². The molecule has 0 fully saturated rings. The standard InChI is InChI=1S/C29H20N2O4/c32-20-14-24(33)27-25(15-20)35-26(29(27)34)16-22-21-8-4-5-9-23(21)31(17-18-10-12-30-13-11-18)28(22)19-6-2-1-3-7-19/h1-16,32-33H,17H2. The number of ether oxygens (including phenoxy) is 1. The largest absolute Gasteiger partial charge is 0.508 e. The Hall–Kier alpha value is -4.84. The van der Waals surface area contributed by atoms with Gasteiger partial charge >= 0.3 is 0 Å². The Morgan fingerprint density at radius 2 is 1.66 bits per heavy atom. The molecule has 0 unspecified atom stereocenters. The van der Waals surface area contributed by atoms with Crippen LogP contribution in [0.25, 0.3) is 28.2 Å². The number of Topliss-reactive ketones (excluding diaryl/α,β-unsaturated/α-hetero) is 1. The maximum absolute atomic E-state index is 13.2. The summed E-state index contributed by atoms with van der Waals surface area (Å²) in [6.45, 7) is 0.611. The highest BCUT2D eigenvalue weighted by molar-refractivity contribution is 6.17. The van der Waals surface area contributed by atoms with Crippen LogP contribution in [0.3, 0.4) is 0 Å². The molecule has 5 aromatic rings. The van der Waals surface area contributed by atoms with E-state index in [1.54, 1.807) is 18.5 Å². The van der Waals surface area contributed by atoms with Gasteiger partial charge in [-0.2, -0.15) is 0 Å². The Balaban J connectivity index is 1.59. The predicted molar refractivity (Wildman–Crippen MR) is 133 cm³/mol. The summed E-state index contributed by atoms with van der Waals surface area (Å²) in [7, 11) is 0. The quantitative estimate of drug-likeness (QED) is 0.332. The van der Waals surface area contributed by atoms with E-state index in [0.29, 0.717) is 6.54 Å². The number of nitrogens with zero attached hydrogens (tertiary/aromatic N) is 2.